The van der Waals surface area contributed by atoms with E-state index in [4.69, 9.17) is 9.72 Å². The summed E-state index contributed by atoms with van der Waals surface area (Å²) in [6.45, 7) is 18.3. The average Bonchev–Trinajstić information content (AvgIpc) is 3.87. The van der Waals surface area contributed by atoms with Crippen LogP contribution in [-0.2, 0) is 10.8 Å². The summed E-state index contributed by atoms with van der Waals surface area (Å²) in [5.41, 5.74) is 14.8. The maximum absolute atomic E-state index is 6.80. The summed E-state index contributed by atoms with van der Waals surface area (Å²) in [5, 5.41) is 2.35. The van der Waals surface area contributed by atoms with Crippen molar-refractivity contribution in [2.24, 2.45) is 0 Å². The second kappa shape index (κ2) is 17.0. The van der Waals surface area contributed by atoms with Gasteiger partial charge in [0, 0.05) is 23.0 Å². The lowest BCUT2D eigenvalue weighted by molar-refractivity contribution is -0.571. The second-order valence-corrected chi connectivity index (χ2v) is 19.7. The molecule has 0 unspecified atom stereocenters. The van der Waals surface area contributed by atoms with Crippen molar-refractivity contribution in [2.75, 3.05) is 0 Å². The van der Waals surface area contributed by atoms with Crippen LogP contribution in [0.1, 0.15) is 90.8 Å². The van der Waals surface area contributed by atoms with Gasteiger partial charge in [0.15, 0.2) is 0 Å². The first kappa shape index (κ1) is 42.7. The molecule has 0 spiro atoms. The Morgan fingerprint density at radius 1 is 0.561 bits per heavy atom. The molecule has 5 nitrogen and oxygen atoms in total. The zero-order valence-corrected chi connectivity index (χ0v) is 39.4. The fourth-order valence-electron chi connectivity index (χ4n) is 9.59. The molecule has 0 N–H and O–H groups in total. The van der Waals surface area contributed by atoms with Crippen molar-refractivity contribution in [3.63, 3.8) is 0 Å². The zero-order chi connectivity index (χ0) is 45.7. The molecule has 0 fully saturated rings. The van der Waals surface area contributed by atoms with E-state index in [0.29, 0.717) is 5.92 Å². The SMILES string of the molecule is CCC(CC)c1ccnc(-n2c3ccccc3c3ccc(Oc4cccc(-n5[c-][n+](-c6c(-c7ccccc7)cccc6-c6cc(C(C)(C)C)cc(C(C)(C)C)c6)c6ccccc65)c4)cc32)c1. The highest BCUT2D eigenvalue weighted by Gasteiger charge is 2.25. The summed E-state index contributed by atoms with van der Waals surface area (Å²) in [6.07, 6.45) is 8.01. The molecule has 3 heterocycles. The lowest BCUT2D eigenvalue weighted by atomic mass is 9.78. The molecule has 66 heavy (non-hydrogen) atoms. The third-order valence-electron chi connectivity index (χ3n) is 13.3. The van der Waals surface area contributed by atoms with Crippen LogP contribution >= 0.6 is 0 Å². The van der Waals surface area contributed by atoms with E-state index in [1.165, 1.54) is 27.6 Å². The van der Waals surface area contributed by atoms with Crippen LogP contribution in [0.5, 0.6) is 11.5 Å². The summed E-state index contributed by atoms with van der Waals surface area (Å²) >= 11 is 0. The van der Waals surface area contributed by atoms with Gasteiger partial charge < -0.3 is 4.74 Å². The van der Waals surface area contributed by atoms with Crippen LogP contribution in [-0.4, -0.2) is 14.1 Å². The van der Waals surface area contributed by atoms with Crippen LogP contribution in [0.2, 0.25) is 0 Å². The topological polar surface area (TPSA) is 35.9 Å². The Morgan fingerprint density at radius 3 is 1.92 bits per heavy atom. The Bertz CT molecular complexity index is 3360. The molecule has 0 aliphatic heterocycles. The van der Waals surface area contributed by atoms with Crippen LogP contribution in [0.15, 0.2) is 176 Å². The van der Waals surface area contributed by atoms with E-state index in [9.17, 15) is 0 Å². The third kappa shape index (κ3) is 7.87. The number of pyridine rings is 1. The van der Waals surface area contributed by atoms with Crippen molar-refractivity contribution in [1.29, 1.82) is 0 Å². The summed E-state index contributed by atoms with van der Waals surface area (Å²) in [5.74, 6) is 2.90. The molecule has 0 amide bonds. The quantitative estimate of drug-likeness (QED) is 0.101. The smallest absolute Gasteiger partial charge is 0.269 e. The standard InChI is InChI=1S/C61H58N4O/c1-9-41(10-2)43-32-33-62-58(36-43)65-54-27-15-14-24-52(54)53-31-30-49(39-57(53)65)66-48-23-18-22-47(38-48)63-40-64(56-29-17-16-28-55(56)63)59-50(42-20-12-11-13-21-42)25-19-26-51(59)44-34-45(60(3,4)5)37-46(35-44)61(6,7)8/h11-39,41H,9-10H2,1-8H3. The van der Waals surface area contributed by atoms with Gasteiger partial charge in [0.05, 0.1) is 33.4 Å². The lowest BCUT2D eigenvalue weighted by Gasteiger charge is -2.27. The van der Waals surface area contributed by atoms with Gasteiger partial charge in [0.25, 0.3) is 6.33 Å². The minimum atomic E-state index is -0.0321. The van der Waals surface area contributed by atoms with Gasteiger partial charge in [-0.25, -0.2) is 4.98 Å². The number of imidazole rings is 1. The Balaban J connectivity index is 1.10. The highest BCUT2D eigenvalue weighted by Crippen LogP contribution is 2.40. The molecule has 0 aliphatic rings. The van der Waals surface area contributed by atoms with E-state index in [1.54, 1.807) is 0 Å². The summed E-state index contributed by atoms with van der Waals surface area (Å²) < 4.78 is 13.5. The number of fused-ring (bicyclic) bond motifs is 4. The predicted octanol–water partition coefficient (Wildman–Crippen LogP) is 15.8. The van der Waals surface area contributed by atoms with Crippen molar-refractivity contribution in [3.05, 3.63) is 199 Å². The molecule has 0 saturated carbocycles. The Hall–Kier alpha value is -7.24. The molecule has 3 aromatic heterocycles. The van der Waals surface area contributed by atoms with Gasteiger partial charge in [0.1, 0.15) is 17.3 Å². The van der Waals surface area contributed by atoms with Gasteiger partial charge >= 0.3 is 0 Å². The number of ether oxygens (including phenoxy) is 1. The van der Waals surface area contributed by atoms with Gasteiger partial charge in [-0.1, -0.05) is 171 Å². The fraction of sp³-hybridized carbons (Fsp3) is 0.213. The van der Waals surface area contributed by atoms with E-state index < -0.39 is 0 Å². The molecule has 0 saturated heterocycles. The van der Waals surface area contributed by atoms with Crippen LogP contribution in [0.3, 0.4) is 0 Å². The van der Waals surface area contributed by atoms with E-state index in [2.05, 4.69) is 239 Å². The van der Waals surface area contributed by atoms with Gasteiger partial charge in [-0.15, -0.1) is 0 Å². The summed E-state index contributed by atoms with van der Waals surface area (Å²) in [6, 6.07) is 61.0. The average molecular weight is 863 g/mol. The second-order valence-electron chi connectivity index (χ2n) is 19.7. The van der Waals surface area contributed by atoms with Gasteiger partial charge in [-0.05, 0) is 117 Å². The van der Waals surface area contributed by atoms with E-state index >= 15 is 0 Å². The number of rotatable bonds is 10. The van der Waals surface area contributed by atoms with Crippen LogP contribution in [0, 0.1) is 6.33 Å². The fourth-order valence-corrected chi connectivity index (χ4v) is 9.59. The molecule has 0 atom stereocenters. The van der Waals surface area contributed by atoms with E-state index in [0.717, 1.165) is 85.7 Å². The van der Waals surface area contributed by atoms with E-state index in [1.807, 2.05) is 12.3 Å². The number of aromatic nitrogens is 4. The molecular formula is C61H58N4O. The summed E-state index contributed by atoms with van der Waals surface area (Å²) in [7, 11) is 0. The van der Waals surface area contributed by atoms with Crippen molar-refractivity contribution >= 4 is 32.8 Å². The molecule has 328 valence electrons. The van der Waals surface area contributed by atoms with Gasteiger partial charge in [-0.3, -0.25) is 13.7 Å². The van der Waals surface area contributed by atoms with Crippen LogP contribution < -0.4 is 9.30 Å². The van der Waals surface area contributed by atoms with Crippen molar-refractivity contribution in [1.82, 2.24) is 14.1 Å². The molecule has 10 aromatic rings. The largest absolute Gasteiger partial charge is 0.458 e. The normalized spacial score (nSPS) is 12.2. The van der Waals surface area contributed by atoms with Crippen molar-refractivity contribution < 1.29 is 9.30 Å². The highest BCUT2D eigenvalue weighted by molar-refractivity contribution is 6.09. The number of hydrogen-bond donors (Lipinski definition) is 0. The highest BCUT2D eigenvalue weighted by atomic mass is 16.5. The summed E-state index contributed by atoms with van der Waals surface area (Å²) in [4.78, 5) is 4.93. The Kier molecular flexibility index (Phi) is 11.0. The number of hydrogen-bond acceptors (Lipinski definition) is 2. The minimum Gasteiger partial charge on any atom is -0.458 e. The molecular weight excluding hydrogens is 805 g/mol. The van der Waals surface area contributed by atoms with Gasteiger partial charge in [-0.2, -0.15) is 0 Å². The lowest BCUT2D eigenvalue weighted by Crippen LogP contribution is -2.31. The Labute approximate surface area is 389 Å². The van der Waals surface area contributed by atoms with E-state index in [-0.39, 0.29) is 10.8 Å². The monoisotopic (exact) mass is 862 g/mol. The van der Waals surface area contributed by atoms with Gasteiger partial charge in [0.2, 0.25) is 0 Å². The molecule has 7 aromatic carbocycles. The predicted molar refractivity (Wildman–Crippen MR) is 274 cm³/mol. The number of benzene rings is 7. The van der Waals surface area contributed by atoms with Crippen molar-refractivity contribution in [2.45, 2.75) is 85.0 Å². The zero-order valence-electron chi connectivity index (χ0n) is 39.4. The maximum Gasteiger partial charge on any atom is 0.269 e. The van der Waals surface area contributed by atoms with Crippen LogP contribution in [0.4, 0.5) is 0 Å². The van der Waals surface area contributed by atoms with Crippen LogP contribution in [0.25, 0.3) is 72.3 Å². The minimum absolute atomic E-state index is 0.0321. The first-order valence-electron chi connectivity index (χ1n) is 23.5. The number of para-hydroxylation sites is 4. The maximum atomic E-state index is 6.80. The molecule has 0 bridgehead atoms. The first-order valence-corrected chi connectivity index (χ1v) is 23.5. The molecule has 0 aliphatic carbocycles. The molecule has 0 radical (unpaired) electrons. The molecule has 10 rings (SSSR count). The first-order chi connectivity index (χ1) is 31.9. The van der Waals surface area contributed by atoms with Crippen molar-refractivity contribution in [3.8, 4) is 50.9 Å². The number of nitrogens with zero attached hydrogens (tertiary/aromatic N) is 4. The third-order valence-corrected chi connectivity index (χ3v) is 13.3. The Morgan fingerprint density at radius 2 is 1.20 bits per heavy atom. The molecule has 5 heteroatoms.